The monoisotopic (exact) mass is 440 g/mol. The molecule has 0 radical (unpaired) electrons. The molecule has 1 amide bonds. The fourth-order valence-electron chi connectivity index (χ4n) is 2.93. The molecular formula is C22H25FN4O3Si. The maximum atomic E-state index is 14.8. The Bertz CT molecular complexity index is 1180. The van der Waals surface area contributed by atoms with Crippen molar-refractivity contribution in [1.29, 1.82) is 0 Å². The zero-order valence-electron chi connectivity index (χ0n) is 17.9. The van der Waals surface area contributed by atoms with Crippen LogP contribution in [0, 0.1) is 17.3 Å². The van der Waals surface area contributed by atoms with Gasteiger partial charge in [-0.2, -0.15) is 0 Å². The van der Waals surface area contributed by atoms with Crippen molar-refractivity contribution < 1.29 is 19.1 Å². The van der Waals surface area contributed by atoms with Gasteiger partial charge >= 0.3 is 0 Å². The fraction of sp³-hybridized carbons (Fsp3) is 0.273. The zero-order chi connectivity index (χ0) is 22.6. The highest BCUT2D eigenvalue weighted by molar-refractivity contribution is 6.83. The number of aromatic nitrogens is 2. The molecule has 162 valence electrons. The third-order valence-corrected chi connectivity index (χ3v) is 5.21. The lowest BCUT2D eigenvalue weighted by atomic mass is 10.1. The molecule has 0 aliphatic carbocycles. The van der Waals surface area contributed by atoms with E-state index in [1.165, 1.54) is 6.07 Å². The van der Waals surface area contributed by atoms with E-state index >= 15 is 0 Å². The number of rotatable bonds is 6. The maximum absolute atomic E-state index is 14.8. The first kappa shape index (κ1) is 22.5. The Kier molecular flexibility index (Phi) is 6.75. The topological polar surface area (TPSA) is 88.4 Å². The van der Waals surface area contributed by atoms with Crippen LogP contribution in [0.15, 0.2) is 36.5 Å². The van der Waals surface area contributed by atoms with Crippen LogP contribution in [0.5, 0.6) is 0 Å². The minimum Gasteiger partial charge on any atom is -0.394 e. The molecule has 0 spiro atoms. The van der Waals surface area contributed by atoms with E-state index in [-0.39, 0.29) is 24.5 Å². The number of nitrogens with zero attached hydrogens (tertiary/aromatic N) is 2. The highest BCUT2D eigenvalue weighted by Crippen LogP contribution is 2.31. The lowest BCUT2D eigenvalue weighted by molar-refractivity contribution is 0.0170. The first-order chi connectivity index (χ1) is 14.7. The number of amides is 1. The Hall–Kier alpha value is -3.19. The molecule has 2 aromatic heterocycles. The summed E-state index contributed by atoms with van der Waals surface area (Å²) in [7, 11) is 0.157. The molecule has 0 bridgehead atoms. The Morgan fingerprint density at radius 1 is 1.32 bits per heavy atom. The van der Waals surface area contributed by atoms with Crippen LogP contribution < -0.4 is 10.8 Å². The van der Waals surface area contributed by atoms with Crippen LogP contribution in [0.4, 0.5) is 15.9 Å². The second-order valence-electron chi connectivity index (χ2n) is 7.98. The van der Waals surface area contributed by atoms with Crippen molar-refractivity contribution in [1.82, 2.24) is 15.0 Å². The molecule has 3 rings (SSSR count). The molecule has 0 unspecified atom stereocenters. The second kappa shape index (κ2) is 9.30. The fourth-order valence-corrected chi connectivity index (χ4v) is 3.45. The minimum absolute atomic E-state index is 0.0495. The molecule has 1 aromatic carbocycles. The van der Waals surface area contributed by atoms with Crippen LogP contribution in [-0.2, 0) is 11.9 Å². The van der Waals surface area contributed by atoms with E-state index in [1.807, 2.05) is 0 Å². The molecule has 31 heavy (non-hydrogen) atoms. The lowest BCUT2D eigenvalue weighted by Crippen LogP contribution is -2.25. The zero-order valence-corrected chi connectivity index (χ0v) is 18.9. The molecule has 9 heteroatoms. The van der Waals surface area contributed by atoms with E-state index in [2.05, 4.69) is 46.9 Å². The summed E-state index contributed by atoms with van der Waals surface area (Å²) in [6, 6.07) is 8.17. The summed E-state index contributed by atoms with van der Waals surface area (Å²) >= 11 is 0. The van der Waals surface area contributed by atoms with Crippen LogP contribution in [0.3, 0.4) is 0 Å². The van der Waals surface area contributed by atoms with Crippen LogP contribution in [0.25, 0.3) is 11.0 Å². The maximum Gasteiger partial charge on any atom is 0.279 e. The standard InChI is InChI=1S/C22H25FN4O3Si/c1-27-20-16(6-5-10-24-20)19(22(29)26-30-12-11-28)21(27)25-18-8-7-15(14-17(18)23)9-13-31(2,3)4/h5-8,10,14,25,28H,11-12H2,1-4H3,(H,26,29). The molecule has 3 N–H and O–H groups in total. The van der Waals surface area contributed by atoms with Crippen molar-refractivity contribution in [3.05, 3.63) is 53.5 Å². The van der Waals surface area contributed by atoms with E-state index in [4.69, 9.17) is 9.94 Å². The summed E-state index contributed by atoms with van der Waals surface area (Å²) in [6.45, 7) is 6.08. The number of pyridine rings is 1. The average Bonchev–Trinajstić information content (AvgIpc) is 3.00. The number of aliphatic hydroxyl groups is 1. The Morgan fingerprint density at radius 3 is 2.77 bits per heavy atom. The Morgan fingerprint density at radius 2 is 2.10 bits per heavy atom. The van der Waals surface area contributed by atoms with Crippen molar-refractivity contribution in [2.24, 2.45) is 7.05 Å². The van der Waals surface area contributed by atoms with Crippen LogP contribution in [0.2, 0.25) is 19.6 Å². The summed E-state index contributed by atoms with van der Waals surface area (Å²) in [5.41, 5.74) is 7.12. The highest BCUT2D eigenvalue weighted by atomic mass is 28.3. The predicted molar refractivity (Wildman–Crippen MR) is 121 cm³/mol. The van der Waals surface area contributed by atoms with Gasteiger partial charge in [0.1, 0.15) is 25.4 Å². The number of fused-ring (bicyclic) bond motifs is 1. The first-order valence-electron chi connectivity index (χ1n) is 9.77. The van der Waals surface area contributed by atoms with Gasteiger partial charge in [-0.3, -0.25) is 9.63 Å². The Balaban J connectivity index is 1.99. The number of nitrogens with one attached hydrogen (secondary N) is 2. The summed E-state index contributed by atoms with van der Waals surface area (Å²) < 4.78 is 16.5. The van der Waals surface area contributed by atoms with E-state index in [9.17, 15) is 9.18 Å². The van der Waals surface area contributed by atoms with Gasteiger partial charge in [0.25, 0.3) is 5.91 Å². The summed E-state index contributed by atoms with van der Waals surface area (Å²) in [5, 5.41) is 12.5. The molecule has 0 saturated carbocycles. The Labute approximate surface area is 181 Å². The minimum atomic E-state index is -1.57. The van der Waals surface area contributed by atoms with Gasteiger partial charge < -0.3 is 15.0 Å². The summed E-state index contributed by atoms with van der Waals surface area (Å²) in [4.78, 5) is 22.1. The molecule has 0 saturated heterocycles. The molecule has 7 nitrogen and oxygen atoms in total. The van der Waals surface area contributed by atoms with Gasteiger partial charge in [-0.25, -0.2) is 14.9 Å². The highest BCUT2D eigenvalue weighted by Gasteiger charge is 2.23. The number of aryl methyl sites for hydroxylation is 1. The normalized spacial score (nSPS) is 11.2. The van der Waals surface area contributed by atoms with Crippen molar-refractivity contribution >= 4 is 36.5 Å². The second-order valence-corrected chi connectivity index (χ2v) is 12.7. The molecule has 0 aliphatic heterocycles. The average molecular weight is 441 g/mol. The van der Waals surface area contributed by atoms with E-state index in [1.54, 1.807) is 42.1 Å². The largest absolute Gasteiger partial charge is 0.394 e. The molecule has 0 fully saturated rings. The van der Waals surface area contributed by atoms with Crippen molar-refractivity contribution in [3.8, 4) is 11.5 Å². The van der Waals surface area contributed by atoms with Crippen LogP contribution in [-0.4, -0.2) is 41.9 Å². The van der Waals surface area contributed by atoms with Gasteiger partial charge in [-0.05, 0) is 30.3 Å². The quantitative estimate of drug-likeness (QED) is 0.237. The van der Waals surface area contributed by atoms with Crippen molar-refractivity contribution in [2.75, 3.05) is 18.5 Å². The van der Waals surface area contributed by atoms with Gasteiger partial charge in [0, 0.05) is 24.2 Å². The molecule has 2 heterocycles. The molecule has 0 aliphatic rings. The lowest BCUT2D eigenvalue weighted by Gasteiger charge is -2.12. The van der Waals surface area contributed by atoms with Gasteiger partial charge in [-0.15, -0.1) is 5.54 Å². The number of halogens is 1. The van der Waals surface area contributed by atoms with Crippen LogP contribution in [0.1, 0.15) is 15.9 Å². The van der Waals surface area contributed by atoms with Gasteiger partial charge in [-0.1, -0.05) is 25.6 Å². The van der Waals surface area contributed by atoms with E-state index < -0.39 is 19.8 Å². The molecule has 0 atom stereocenters. The molecule has 3 aromatic rings. The smallest absolute Gasteiger partial charge is 0.279 e. The van der Waals surface area contributed by atoms with E-state index in [0.717, 1.165) is 0 Å². The third-order valence-electron chi connectivity index (χ3n) is 4.34. The van der Waals surface area contributed by atoms with Gasteiger partial charge in [0.15, 0.2) is 0 Å². The summed E-state index contributed by atoms with van der Waals surface area (Å²) in [5.74, 6) is 2.38. The third kappa shape index (κ3) is 5.30. The number of benzene rings is 1. The number of anilines is 2. The number of hydrogen-bond donors (Lipinski definition) is 3. The van der Waals surface area contributed by atoms with Gasteiger partial charge in [0.05, 0.1) is 24.5 Å². The number of carbonyl (C=O) groups excluding carboxylic acids is 1. The van der Waals surface area contributed by atoms with E-state index in [0.29, 0.717) is 22.4 Å². The predicted octanol–water partition coefficient (Wildman–Crippen LogP) is 3.34. The van der Waals surface area contributed by atoms with Crippen LogP contribution >= 0.6 is 0 Å². The molecular weight excluding hydrogens is 415 g/mol. The van der Waals surface area contributed by atoms with Crippen molar-refractivity contribution in [2.45, 2.75) is 19.6 Å². The number of hydrogen-bond acceptors (Lipinski definition) is 5. The van der Waals surface area contributed by atoms with Crippen molar-refractivity contribution in [3.63, 3.8) is 0 Å². The number of hydroxylamine groups is 1. The first-order valence-corrected chi connectivity index (χ1v) is 13.3. The SMILES string of the molecule is Cn1c(Nc2ccc(C#C[Si](C)(C)C)cc2F)c(C(=O)NOCCO)c2cccnc21. The number of aliphatic hydroxyl groups excluding tert-OH is 1. The summed E-state index contributed by atoms with van der Waals surface area (Å²) in [6.07, 6.45) is 1.61. The number of carbonyl (C=O) groups is 1. The van der Waals surface area contributed by atoms with Gasteiger partial charge in [0.2, 0.25) is 0 Å².